The first-order chi connectivity index (χ1) is 16.0. The first kappa shape index (κ1) is 21.3. The largest absolute Gasteiger partial charge is 0.378 e. The molecule has 1 aliphatic heterocycles. The Morgan fingerprint density at radius 1 is 1.30 bits per heavy atom. The summed E-state index contributed by atoms with van der Waals surface area (Å²) >= 11 is 11.6. The number of nitrogens with two attached hydrogens (primary N) is 1. The standard InChI is InChI=1S/C21H21BrClN7O2S/c22-11-8-25-19-15(14(11)26-13-10-2-1-9(7-10)12(13)18(24)31)27-20(29-19)16-17(23)28-21(33-16)30-3-5-32-6-4-30/h1-2,8-10,12-13H,3-7H2,(H2,24,31)(H2,25,26,27,29)/t9-,10+,12+,13-/m1/s1. The van der Waals surface area contributed by atoms with Gasteiger partial charge >= 0.3 is 0 Å². The average Bonchev–Trinajstić information content (AvgIpc) is 3.58. The summed E-state index contributed by atoms with van der Waals surface area (Å²) in [4.78, 5) is 32.2. The number of hydrogen-bond acceptors (Lipinski definition) is 8. The van der Waals surface area contributed by atoms with Crippen LogP contribution in [0.15, 0.2) is 22.8 Å². The van der Waals surface area contributed by atoms with Gasteiger partial charge in [0.15, 0.2) is 21.8 Å². The first-order valence-corrected chi connectivity index (χ1v) is 12.8. The summed E-state index contributed by atoms with van der Waals surface area (Å²) in [6.45, 7) is 2.92. The number of rotatable bonds is 5. The molecule has 2 bridgehead atoms. The van der Waals surface area contributed by atoms with E-state index in [1.165, 1.54) is 11.3 Å². The molecule has 6 rings (SSSR count). The predicted molar refractivity (Wildman–Crippen MR) is 132 cm³/mol. The number of allylic oxidation sites excluding steroid dienone is 1. The van der Waals surface area contributed by atoms with Crippen LogP contribution < -0.4 is 16.0 Å². The van der Waals surface area contributed by atoms with Crippen molar-refractivity contribution in [3.63, 3.8) is 0 Å². The van der Waals surface area contributed by atoms with Gasteiger partial charge in [0, 0.05) is 25.3 Å². The number of halogens is 2. The highest BCUT2D eigenvalue weighted by atomic mass is 79.9. The molecule has 2 aliphatic carbocycles. The molecule has 1 saturated heterocycles. The zero-order chi connectivity index (χ0) is 22.7. The van der Waals surface area contributed by atoms with Crippen molar-refractivity contribution in [3.05, 3.63) is 28.0 Å². The summed E-state index contributed by atoms with van der Waals surface area (Å²) in [5.74, 6) is 0.540. The topological polar surface area (TPSA) is 122 Å². The number of amides is 1. The number of nitrogens with one attached hydrogen (secondary N) is 2. The normalized spacial score (nSPS) is 26.4. The molecule has 4 heterocycles. The number of carbonyl (C=O) groups excluding carboxylic acids is 1. The van der Waals surface area contributed by atoms with Gasteiger partial charge in [-0.2, -0.15) is 0 Å². The lowest BCUT2D eigenvalue weighted by atomic mass is 9.88. The number of aromatic nitrogens is 4. The second-order valence-corrected chi connectivity index (χ2v) is 10.7. The van der Waals surface area contributed by atoms with E-state index in [0.29, 0.717) is 29.8 Å². The Bertz CT molecular complexity index is 1270. The van der Waals surface area contributed by atoms with E-state index in [1.807, 2.05) is 0 Å². The molecule has 3 aromatic rings. The van der Waals surface area contributed by atoms with Crippen LogP contribution >= 0.6 is 38.9 Å². The smallest absolute Gasteiger partial charge is 0.223 e. The summed E-state index contributed by atoms with van der Waals surface area (Å²) in [6.07, 6.45) is 6.94. The summed E-state index contributed by atoms with van der Waals surface area (Å²) in [5.41, 5.74) is 7.86. The molecule has 4 N–H and O–H groups in total. The molecule has 12 heteroatoms. The van der Waals surface area contributed by atoms with E-state index in [1.54, 1.807) is 6.20 Å². The van der Waals surface area contributed by atoms with E-state index < -0.39 is 0 Å². The number of fused-ring (bicyclic) bond motifs is 3. The molecular formula is C21H21BrClN7O2S. The molecule has 1 amide bonds. The molecule has 1 saturated carbocycles. The van der Waals surface area contributed by atoms with E-state index in [0.717, 1.165) is 45.2 Å². The molecule has 33 heavy (non-hydrogen) atoms. The van der Waals surface area contributed by atoms with Crippen molar-refractivity contribution in [2.24, 2.45) is 23.5 Å². The second-order valence-electron chi connectivity index (χ2n) is 8.53. The number of morpholine rings is 1. The fraction of sp³-hybridized carbons (Fsp3) is 0.429. The maximum Gasteiger partial charge on any atom is 0.223 e. The van der Waals surface area contributed by atoms with Gasteiger partial charge in [0.05, 0.1) is 29.3 Å². The number of ether oxygens (including phenoxy) is 1. The molecule has 9 nitrogen and oxygen atoms in total. The van der Waals surface area contributed by atoms with Gasteiger partial charge in [-0.3, -0.25) is 4.79 Å². The van der Waals surface area contributed by atoms with Crippen LogP contribution in [0.2, 0.25) is 5.15 Å². The van der Waals surface area contributed by atoms with Crippen LogP contribution in [0.4, 0.5) is 10.8 Å². The van der Waals surface area contributed by atoms with Crippen molar-refractivity contribution < 1.29 is 9.53 Å². The molecule has 172 valence electrons. The number of nitrogens with zero attached hydrogens (tertiary/aromatic N) is 4. The molecule has 4 atom stereocenters. The summed E-state index contributed by atoms with van der Waals surface area (Å²) in [7, 11) is 0. The Balaban J connectivity index is 1.36. The van der Waals surface area contributed by atoms with Crippen molar-refractivity contribution in [2.75, 3.05) is 36.5 Å². The van der Waals surface area contributed by atoms with Gasteiger partial charge in [0.2, 0.25) is 5.91 Å². The maximum atomic E-state index is 12.2. The summed E-state index contributed by atoms with van der Waals surface area (Å²) in [6, 6.07) is -0.0777. The van der Waals surface area contributed by atoms with Crippen molar-refractivity contribution in [2.45, 2.75) is 12.5 Å². The van der Waals surface area contributed by atoms with Crippen LogP contribution in [0.25, 0.3) is 21.9 Å². The van der Waals surface area contributed by atoms with E-state index in [9.17, 15) is 4.79 Å². The highest BCUT2D eigenvalue weighted by Crippen LogP contribution is 2.46. The molecule has 2 fully saturated rings. The van der Waals surface area contributed by atoms with Gasteiger partial charge < -0.3 is 25.7 Å². The quantitative estimate of drug-likeness (QED) is 0.416. The number of anilines is 2. The number of imidazole rings is 1. The van der Waals surface area contributed by atoms with E-state index in [4.69, 9.17) is 27.1 Å². The van der Waals surface area contributed by atoms with Crippen LogP contribution in [-0.4, -0.2) is 58.2 Å². The van der Waals surface area contributed by atoms with E-state index in [-0.39, 0.29) is 29.7 Å². The summed E-state index contributed by atoms with van der Waals surface area (Å²) < 4.78 is 6.22. The SMILES string of the molecule is NC(=O)[C@@H]1[C@H](Nc2c(Br)cnc3nc(-c4sc(N5CCOCC5)nc4Cl)[nH]c23)[C@H]2C=C[C@@H]1C2. The van der Waals surface area contributed by atoms with Gasteiger partial charge in [0.25, 0.3) is 0 Å². The number of thiazole rings is 1. The molecule has 0 radical (unpaired) electrons. The van der Waals surface area contributed by atoms with Crippen molar-refractivity contribution in [3.8, 4) is 10.7 Å². The highest BCUT2D eigenvalue weighted by molar-refractivity contribution is 9.10. The number of H-pyrrole nitrogens is 1. The van der Waals surface area contributed by atoms with Crippen LogP contribution in [0.5, 0.6) is 0 Å². The fourth-order valence-electron chi connectivity index (χ4n) is 5.08. The van der Waals surface area contributed by atoms with Gasteiger partial charge in [-0.25, -0.2) is 15.0 Å². The molecule has 3 aliphatic rings. The average molecular weight is 551 g/mol. The highest BCUT2D eigenvalue weighted by Gasteiger charge is 2.47. The van der Waals surface area contributed by atoms with Crippen molar-refractivity contribution in [1.29, 1.82) is 0 Å². The lowest BCUT2D eigenvalue weighted by Crippen LogP contribution is -2.41. The third-order valence-corrected chi connectivity index (χ3v) is 8.75. The molecular weight excluding hydrogens is 530 g/mol. The number of pyridine rings is 1. The van der Waals surface area contributed by atoms with Crippen LogP contribution in [-0.2, 0) is 9.53 Å². The lowest BCUT2D eigenvalue weighted by molar-refractivity contribution is -0.122. The minimum atomic E-state index is -0.275. The van der Waals surface area contributed by atoms with E-state index >= 15 is 0 Å². The van der Waals surface area contributed by atoms with Crippen molar-refractivity contribution in [1.82, 2.24) is 19.9 Å². The molecule has 0 spiro atoms. The number of carbonyl (C=O) groups is 1. The van der Waals surface area contributed by atoms with Crippen molar-refractivity contribution >= 4 is 66.8 Å². The third kappa shape index (κ3) is 3.61. The minimum absolute atomic E-state index is 0.0777. The van der Waals surface area contributed by atoms with E-state index in [2.05, 4.69) is 53.3 Å². The van der Waals surface area contributed by atoms with Crippen LogP contribution in [0.1, 0.15) is 6.42 Å². The minimum Gasteiger partial charge on any atom is -0.378 e. The zero-order valence-corrected chi connectivity index (χ0v) is 20.6. The Morgan fingerprint density at radius 3 is 2.88 bits per heavy atom. The Labute approximate surface area is 206 Å². The maximum absolute atomic E-state index is 12.2. The number of primary amides is 1. The van der Waals surface area contributed by atoms with Crippen LogP contribution in [0.3, 0.4) is 0 Å². The zero-order valence-electron chi connectivity index (χ0n) is 17.4. The van der Waals surface area contributed by atoms with Gasteiger partial charge in [-0.15, -0.1) is 0 Å². The lowest BCUT2D eigenvalue weighted by Gasteiger charge is -2.28. The summed E-state index contributed by atoms with van der Waals surface area (Å²) in [5, 5.41) is 4.83. The van der Waals surface area contributed by atoms with Gasteiger partial charge in [-0.05, 0) is 34.2 Å². The second kappa shape index (κ2) is 8.23. The molecule has 0 unspecified atom stereocenters. The molecule has 3 aromatic heterocycles. The Kier molecular flexibility index (Phi) is 5.32. The predicted octanol–water partition coefficient (Wildman–Crippen LogP) is 3.42. The first-order valence-electron chi connectivity index (χ1n) is 10.8. The Hall–Kier alpha value is -2.21. The molecule has 0 aromatic carbocycles. The number of aromatic amines is 1. The van der Waals surface area contributed by atoms with Gasteiger partial charge in [-0.1, -0.05) is 35.1 Å². The Morgan fingerprint density at radius 2 is 2.09 bits per heavy atom. The van der Waals surface area contributed by atoms with Gasteiger partial charge in [0.1, 0.15) is 10.4 Å². The third-order valence-electron chi connectivity index (χ3n) is 6.64. The van der Waals surface area contributed by atoms with Crippen LogP contribution in [0, 0.1) is 17.8 Å². The number of hydrogen-bond donors (Lipinski definition) is 3. The fourth-order valence-corrected chi connectivity index (χ4v) is 6.79. The monoisotopic (exact) mass is 549 g/mol.